The summed E-state index contributed by atoms with van der Waals surface area (Å²) in [5.74, 6) is 0.0628. The van der Waals surface area contributed by atoms with Gasteiger partial charge in [-0.2, -0.15) is 0 Å². The summed E-state index contributed by atoms with van der Waals surface area (Å²) in [5.41, 5.74) is 7.59. The maximum atomic E-state index is 10.3. The summed E-state index contributed by atoms with van der Waals surface area (Å²) >= 11 is 6.62. The van der Waals surface area contributed by atoms with E-state index in [1.54, 1.807) is 12.1 Å². The van der Waals surface area contributed by atoms with Gasteiger partial charge in [0.1, 0.15) is 5.75 Å². The summed E-state index contributed by atoms with van der Waals surface area (Å²) in [6.07, 6.45) is -0.338. The molecule has 5 heteroatoms. The quantitative estimate of drug-likeness (QED) is 0.735. The molecular formula is C15H15Br2NO2. The van der Waals surface area contributed by atoms with Gasteiger partial charge in [-0.05, 0) is 33.6 Å². The largest absolute Gasteiger partial charge is 0.506 e. The van der Waals surface area contributed by atoms with Crippen LogP contribution < -0.4 is 5.73 Å². The van der Waals surface area contributed by atoms with Crippen LogP contribution in [0.25, 0.3) is 0 Å². The van der Waals surface area contributed by atoms with Gasteiger partial charge in [0.25, 0.3) is 0 Å². The lowest BCUT2D eigenvalue weighted by atomic mass is 9.96. The highest BCUT2D eigenvalue weighted by Crippen LogP contribution is 2.35. The second-order valence-corrected chi connectivity index (χ2v) is 6.38. The smallest absolute Gasteiger partial charge is 0.134 e. The van der Waals surface area contributed by atoms with Crippen LogP contribution >= 0.6 is 31.9 Å². The summed E-state index contributed by atoms with van der Waals surface area (Å²) in [6, 6.07) is 12.4. The fraction of sp³-hybridized carbons (Fsp3) is 0.200. The Hall–Kier alpha value is -0.880. The van der Waals surface area contributed by atoms with E-state index in [9.17, 15) is 10.2 Å². The molecule has 2 aromatic rings. The molecule has 0 aliphatic rings. The molecule has 106 valence electrons. The van der Waals surface area contributed by atoms with Gasteiger partial charge in [0.05, 0.1) is 16.6 Å². The minimum Gasteiger partial charge on any atom is -0.506 e. The van der Waals surface area contributed by atoms with Crippen LogP contribution in [0.15, 0.2) is 51.4 Å². The van der Waals surface area contributed by atoms with E-state index in [1.807, 2.05) is 30.3 Å². The number of aliphatic hydroxyl groups is 1. The van der Waals surface area contributed by atoms with Gasteiger partial charge in [0.2, 0.25) is 0 Å². The monoisotopic (exact) mass is 399 g/mol. The number of phenols is 1. The summed E-state index contributed by atoms with van der Waals surface area (Å²) in [5, 5.41) is 20.3. The number of benzene rings is 2. The highest BCUT2D eigenvalue weighted by molar-refractivity contribution is 9.11. The predicted octanol–water partition coefficient (Wildman–Crippen LogP) is 3.52. The normalized spacial score (nSPS) is 14.0. The van der Waals surface area contributed by atoms with Gasteiger partial charge in [0, 0.05) is 16.5 Å². The molecule has 0 saturated carbocycles. The molecule has 2 rings (SSSR count). The van der Waals surface area contributed by atoms with Crippen LogP contribution in [0.4, 0.5) is 0 Å². The Morgan fingerprint density at radius 3 is 2.40 bits per heavy atom. The topological polar surface area (TPSA) is 66.5 Å². The molecule has 0 aliphatic heterocycles. The summed E-state index contributed by atoms with van der Waals surface area (Å²) in [7, 11) is 0. The molecular weight excluding hydrogens is 386 g/mol. The van der Waals surface area contributed by atoms with Crippen molar-refractivity contribution in [1.82, 2.24) is 0 Å². The van der Waals surface area contributed by atoms with Gasteiger partial charge >= 0.3 is 0 Å². The van der Waals surface area contributed by atoms with Gasteiger partial charge in [0.15, 0.2) is 0 Å². The number of nitrogens with two attached hydrogens (primary N) is 1. The van der Waals surface area contributed by atoms with E-state index in [1.165, 1.54) is 0 Å². The first-order valence-corrected chi connectivity index (χ1v) is 7.73. The minimum absolute atomic E-state index is 0.0628. The van der Waals surface area contributed by atoms with Gasteiger partial charge in [-0.1, -0.05) is 46.3 Å². The minimum atomic E-state index is -0.774. The number of hydrogen-bond acceptors (Lipinski definition) is 3. The van der Waals surface area contributed by atoms with Crippen molar-refractivity contribution >= 4 is 31.9 Å². The standard InChI is InChI=1S/C15H15Br2NO2/c16-10-7-11(15(20)12(17)8-10)14(18)13(19)6-9-4-2-1-3-5-9/h1-5,7-8,13-14,19-20H,6,18H2/t13-,14+/m1/s1. The molecule has 0 unspecified atom stereocenters. The molecule has 0 aliphatic carbocycles. The lowest BCUT2D eigenvalue weighted by molar-refractivity contribution is 0.143. The van der Waals surface area contributed by atoms with Crippen LogP contribution in [0.3, 0.4) is 0 Å². The fourth-order valence-corrected chi connectivity index (χ4v) is 3.29. The third kappa shape index (κ3) is 3.61. The van der Waals surface area contributed by atoms with Gasteiger partial charge < -0.3 is 15.9 Å². The van der Waals surface area contributed by atoms with Crippen LogP contribution in [0.5, 0.6) is 5.75 Å². The average Bonchev–Trinajstić information content (AvgIpc) is 2.43. The molecule has 2 aromatic carbocycles. The number of halogens is 2. The van der Waals surface area contributed by atoms with Gasteiger partial charge in [-0.15, -0.1) is 0 Å². The van der Waals surface area contributed by atoms with Crippen LogP contribution in [-0.2, 0) is 6.42 Å². The maximum absolute atomic E-state index is 10.3. The Balaban J connectivity index is 2.21. The highest BCUT2D eigenvalue weighted by atomic mass is 79.9. The van der Waals surface area contributed by atoms with E-state index >= 15 is 0 Å². The van der Waals surface area contributed by atoms with Crippen molar-refractivity contribution < 1.29 is 10.2 Å². The van der Waals surface area contributed by atoms with Crippen LogP contribution in [-0.4, -0.2) is 16.3 Å². The van der Waals surface area contributed by atoms with Gasteiger partial charge in [-0.25, -0.2) is 0 Å². The number of aromatic hydroxyl groups is 1. The third-order valence-electron chi connectivity index (χ3n) is 3.12. The molecule has 0 aromatic heterocycles. The van der Waals surface area contributed by atoms with Crippen molar-refractivity contribution in [2.45, 2.75) is 18.6 Å². The predicted molar refractivity (Wildman–Crippen MR) is 86.6 cm³/mol. The van der Waals surface area contributed by atoms with E-state index in [4.69, 9.17) is 5.73 Å². The average molecular weight is 401 g/mol. The summed E-state index contributed by atoms with van der Waals surface area (Å²) in [6.45, 7) is 0. The first kappa shape index (κ1) is 15.5. The summed E-state index contributed by atoms with van der Waals surface area (Å²) < 4.78 is 1.34. The molecule has 0 saturated heterocycles. The summed E-state index contributed by atoms with van der Waals surface area (Å²) in [4.78, 5) is 0. The van der Waals surface area contributed by atoms with Crippen LogP contribution in [0.2, 0.25) is 0 Å². The Kier molecular flexibility index (Phi) is 5.21. The molecule has 0 radical (unpaired) electrons. The number of aliphatic hydroxyl groups excluding tert-OH is 1. The van der Waals surface area contributed by atoms with Crippen LogP contribution in [0, 0.1) is 0 Å². The van der Waals surface area contributed by atoms with Crippen molar-refractivity contribution in [2.75, 3.05) is 0 Å². The first-order chi connectivity index (χ1) is 9.49. The van der Waals surface area contributed by atoms with E-state index < -0.39 is 12.1 Å². The van der Waals surface area contributed by atoms with Crippen molar-refractivity contribution in [2.24, 2.45) is 5.73 Å². The first-order valence-electron chi connectivity index (χ1n) is 6.14. The van der Waals surface area contributed by atoms with Crippen molar-refractivity contribution in [3.8, 4) is 5.75 Å². The maximum Gasteiger partial charge on any atom is 0.134 e. The molecule has 0 bridgehead atoms. The molecule has 0 amide bonds. The molecule has 0 heterocycles. The Morgan fingerprint density at radius 2 is 1.75 bits per heavy atom. The number of rotatable bonds is 4. The second-order valence-electron chi connectivity index (χ2n) is 4.61. The van der Waals surface area contributed by atoms with Gasteiger partial charge in [-0.3, -0.25) is 0 Å². The van der Waals surface area contributed by atoms with Crippen molar-refractivity contribution in [1.29, 1.82) is 0 Å². The van der Waals surface area contributed by atoms with E-state index in [0.717, 1.165) is 10.0 Å². The molecule has 4 N–H and O–H groups in total. The zero-order valence-corrected chi connectivity index (χ0v) is 13.8. The number of hydrogen-bond donors (Lipinski definition) is 3. The molecule has 3 nitrogen and oxygen atoms in total. The fourth-order valence-electron chi connectivity index (χ4n) is 2.03. The number of phenolic OH excluding ortho intramolecular Hbond substituents is 1. The van der Waals surface area contributed by atoms with Crippen LogP contribution in [0.1, 0.15) is 17.2 Å². The SMILES string of the molecule is N[C@@H](c1cc(Br)cc(Br)c1O)[C@H](O)Cc1ccccc1. The van der Waals surface area contributed by atoms with E-state index in [2.05, 4.69) is 31.9 Å². The second kappa shape index (κ2) is 6.72. The molecule has 0 spiro atoms. The van der Waals surface area contributed by atoms with E-state index in [0.29, 0.717) is 16.5 Å². The lowest BCUT2D eigenvalue weighted by Gasteiger charge is -2.21. The Bertz CT molecular complexity index is 590. The Morgan fingerprint density at radius 1 is 1.10 bits per heavy atom. The zero-order chi connectivity index (χ0) is 14.7. The Labute approximate surface area is 134 Å². The molecule has 20 heavy (non-hydrogen) atoms. The highest BCUT2D eigenvalue weighted by Gasteiger charge is 2.22. The third-order valence-corrected chi connectivity index (χ3v) is 4.18. The van der Waals surface area contributed by atoms with Crippen molar-refractivity contribution in [3.63, 3.8) is 0 Å². The lowest BCUT2D eigenvalue weighted by Crippen LogP contribution is -2.28. The van der Waals surface area contributed by atoms with E-state index in [-0.39, 0.29) is 5.75 Å². The van der Waals surface area contributed by atoms with Crippen molar-refractivity contribution in [3.05, 3.63) is 62.5 Å². The zero-order valence-electron chi connectivity index (χ0n) is 10.6. The molecule has 2 atom stereocenters. The molecule has 0 fully saturated rings.